The van der Waals surface area contributed by atoms with Crippen LogP contribution in [0.5, 0.6) is 0 Å². The highest BCUT2D eigenvalue weighted by molar-refractivity contribution is 6.04. The standard InChI is InChI=1S/C41H28N2O/c1-3-10-29(11-4-1)31-17-19-33(20-18-31)36-14-7-8-15-38(36)43(34-23-21-32(22-24-34)30-12-5-2-6-13-30)35-25-26-39-37(28-35)41-40(44-39)16-9-27-42-41/h1-28H. The summed E-state index contributed by atoms with van der Waals surface area (Å²) in [4.78, 5) is 6.98. The van der Waals surface area contributed by atoms with Crippen molar-refractivity contribution in [1.29, 1.82) is 0 Å². The number of aromatic nitrogens is 1. The Balaban J connectivity index is 1.28. The van der Waals surface area contributed by atoms with Crippen LogP contribution >= 0.6 is 0 Å². The average molecular weight is 565 g/mol. The molecular formula is C41H28N2O. The lowest BCUT2D eigenvalue weighted by molar-refractivity contribution is 0.668. The predicted molar refractivity (Wildman–Crippen MR) is 183 cm³/mol. The first-order valence-corrected chi connectivity index (χ1v) is 14.8. The number of nitrogens with zero attached hydrogens (tertiary/aromatic N) is 2. The molecule has 0 spiro atoms. The molecule has 2 aromatic heterocycles. The van der Waals surface area contributed by atoms with Gasteiger partial charge in [0.15, 0.2) is 5.58 Å². The van der Waals surface area contributed by atoms with Crippen molar-refractivity contribution < 1.29 is 4.42 Å². The zero-order chi connectivity index (χ0) is 29.3. The largest absolute Gasteiger partial charge is 0.454 e. The molecule has 0 saturated heterocycles. The molecule has 0 N–H and O–H groups in total. The van der Waals surface area contributed by atoms with Crippen LogP contribution in [0.2, 0.25) is 0 Å². The van der Waals surface area contributed by atoms with Crippen molar-refractivity contribution in [1.82, 2.24) is 4.98 Å². The number of pyridine rings is 1. The highest BCUT2D eigenvalue weighted by Gasteiger charge is 2.19. The first-order chi connectivity index (χ1) is 21.8. The first-order valence-electron chi connectivity index (χ1n) is 14.8. The SMILES string of the molecule is c1ccc(-c2ccc(-c3ccccc3N(c3ccc(-c4ccccc4)cc3)c3ccc4oc5cccnc5c4c3)cc2)cc1. The number of benzene rings is 6. The van der Waals surface area contributed by atoms with E-state index in [1.807, 2.05) is 24.4 Å². The number of furan rings is 1. The Bertz CT molecular complexity index is 2200. The Morgan fingerprint density at radius 2 is 1.00 bits per heavy atom. The summed E-state index contributed by atoms with van der Waals surface area (Å²) in [7, 11) is 0. The van der Waals surface area contributed by atoms with Crippen LogP contribution in [0.15, 0.2) is 174 Å². The van der Waals surface area contributed by atoms with Gasteiger partial charge in [-0.2, -0.15) is 0 Å². The second-order valence-electron chi connectivity index (χ2n) is 10.8. The molecule has 0 saturated carbocycles. The van der Waals surface area contributed by atoms with Gasteiger partial charge in [-0.25, -0.2) is 0 Å². The van der Waals surface area contributed by atoms with Crippen molar-refractivity contribution in [3.8, 4) is 33.4 Å². The first kappa shape index (κ1) is 25.8. The quantitative estimate of drug-likeness (QED) is 0.201. The molecule has 0 aliphatic heterocycles. The minimum absolute atomic E-state index is 0.789. The monoisotopic (exact) mass is 564 g/mol. The molecular weight excluding hydrogens is 536 g/mol. The van der Waals surface area contributed by atoms with E-state index in [-0.39, 0.29) is 0 Å². The van der Waals surface area contributed by atoms with Crippen molar-refractivity contribution in [3.63, 3.8) is 0 Å². The molecule has 6 aromatic carbocycles. The summed E-state index contributed by atoms with van der Waals surface area (Å²) in [5.41, 5.74) is 12.8. The summed E-state index contributed by atoms with van der Waals surface area (Å²) in [6.07, 6.45) is 1.82. The highest BCUT2D eigenvalue weighted by Crippen LogP contribution is 2.43. The van der Waals surface area contributed by atoms with Crippen LogP contribution in [0.1, 0.15) is 0 Å². The molecule has 2 heterocycles. The van der Waals surface area contributed by atoms with Crippen LogP contribution in [0.4, 0.5) is 17.1 Å². The van der Waals surface area contributed by atoms with Gasteiger partial charge in [0.25, 0.3) is 0 Å². The fraction of sp³-hybridized carbons (Fsp3) is 0. The van der Waals surface area contributed by atoms with Gasteiger partial charge in [0.05, 0.1) is 5.69 Å². The van der Waals surface area contributed by atoms with Crippen LogP contribution in [-0.2, 0) is 0 Å². The molecule has 3 nitrogen and oxygen atoms in total. The van der Waals surface area contributed by atoms with Gasteiger partial charge in [0.2, 0.25) is 0 Å². The molecule has 3 heteroatoms. The van der Waals surface area contributed by atoms with Gasteiger partial charge in [-0.3, -0.25) is 4.98 Å². The van der Waals surface area contributed by atoms with E-state index in [9.17, 15) is 0 Å². The summed E-state index contributed by atoms with van der Waals surface area (Å²) >= 11 is 0. The van der Waals surface area contributed by atoms with Crippen LogP contribution in [0.3, 0.4) is 0 Å². The molecule has 208 valence electrons. The molecule has 0 bridgehead atoms. The van der Waals surface area contributed by atoms with Crippen LogP contribution in [0.25, 0.3) is 55.4 Å². The molecule has 44 heavy (non-hydrogen) atoms. The Labute approximate surface area is 256 Å². The molecule has 0 unspecified atom stereocenters. The summed E-state index contributed by atoms with van der Waals surface area (Å²) in [6, 6.07) is 57.5. The van der Waals surface area contributed by atoms with Crippen LogP contribution in [-0.4, -0.2) is 4.98 Å². The van der Waals surface area contributed by atoms with Crippen molar-refractivity contribution in [2.24, 2.45) is 0 Å². The smallest absolute Gasteiger partial charge is 0.153 e. The van der Waals surface area contributed by atoms with Gasteiger partial charge < -0.3 is 9.32 Å². The number of hydrogen-bond donors (Lipinski definition) is 0. The Morgan fingerprint density at radius 3 is 1.70 bits per heavy atom. The van der Waals surface area contributed by atoms with Gasteiger partial charge in [-0.15, -0.1) is 0 Å². The van der Waals surface area contributed by atoms with Crippen molar-refractivity contribution in [3.05, 3.63) is 170 Å². The van der Waals surface area contributed by atoms with E-state index in [0.717, 1.165) is 50.3 Å². The third kappa shape index (κ3) is 4.71. The third-order valence-electron chi connectivity index (χ3n) is 8.15. The van der Waals surface area contributed by atoms with Crippen molar-refractivity contribution in [2.75, 3.05) is 4.90 Å². The molecule has 0 aliphatic rings. The van der Waals surface area contributed by atoms with E-state index in [4.69, 9.17) is 4.42 Å². The molecule has 0 aliphatic carbocycles. The number of anilines is 3. The van der Waals surface area contributed by atoms with Gasteiger partial charge >= 0.3 is 0 Å². The van der Waals surface area contributed by atoms with Gasteiger partial charge in [0.1, 0.15) is 11.1 Å². The number of hydrogen-bond acceptors (Lipinski definition) is 3. The molecule has 8 aromatic rings. The van der Waals surface area contributed by atoms with Gasteiger partial charge in [-0.05, 0) is 76.3 Å². The topological polar surface area (TPSA) is 29.3 Å². The number of fused-ring (bicyclic) bond motifs is 3. The zero-order valence-corrected chi connectivity index (χ0v) is 24.0. The highest BCUT2D eigenvalue weighted by atomic mass is 16.3. The fourth-order valence-electron chi connectivity index (χ4n) is 5.97. The third-order valence-corrected chi connectivity index (χ3v) is 8.15. The fourth-order valence-corrected chi connectivity index (χ4v) is 5.97. The zero-order valence-electron chi connectivity index (χ0n) is 24.0. The van der Waals surface area contributed by atoms with E-state index in [1.54, 1.807) is 0 Å². The van der Waals surface area contributed by atoms with Gasteiger partial charge in [0, 0.05) is 28.5 Å². The van der Waals surface area contributed by atoms with E-state index in [1.165, 1.54) is 22.3 Å². The maximum absolute atomic E-state index is 6.12. The second kappa shape index (κ2) is 11.0. The van der Waals surface area contributed by atoms with Crippen molar-refractivity contribution in [2.45, 2.75) is 0 Å². The Kier molecular flexibility index (Phi) is 6.47. The summed E-state index contributed by atoms with van der Waals surface area (Å²) in [6.45, 7) is 0. The van der Waals surface area contributed by atoms with E-state index in [2.05, 4.69) is 155 Å². The maximum Gasteiger partial charge on any atom is 0.153 e. The maximum atomic E-state index is 6.12. The average Bonchev–Trinajstić information content (AvgIpc) is 3.48. The summed E-state index contributed by atoms with van der Waals surface area (Å²) in [5, 5.41) is 0.994. The predicted octanol–water partition coefficient (Wildman–Crippen LogP) is 11.5. The molecule has 0 atom stereocenters. The summed E-state index contributed by atoms with van der Waals surface area (Å²) in [5.74, 6) is 0. The number of rotatable bonds is 6. The van der Waals surface area contributed by atoms with E-state index >= 15 is 0 Å². The lowest BCUT2D eigenvalue weighted by Gasteiger charge is -2.28. The molecule has 0 fully saturated rings. The lowest BCUT2D eigenvalue weighted by atomic mass is 9.98. The van der Waals surface area contributed by atoms with E-state index < -0.39 is 0 Å². The Morgan fingerprint density at radius 1 is 0.432 bits per heavy atom. The molecule has 0 radical (unpaired) electrons. The second-order valence-corrected chi connectivity index (χ2v) is 10.8. The van der Waals surface area contributed by atoms with Crippen molar-refractivity contribution >= 4 is 39.1 Å². The van der Waals surface area contributed by atoms with E-state index in [0.29, 0.717) is 0 Å². The Hall–Kier alpha value is -5.93. The van der Waals surface area contributed by atoms with Crippen LogP contribution < -0.4 is 4.90 Å². The minimum atomic E-state index is 0.789. The van der Waals surface area contributed by atoms with Crippen LogP contribution in [0, 0.1) is 0 Å². The molecule has 8 rings (SSSR count). The number of para-hydroxylation sites is 1. The normalized spacial score (nSPS) is 11.2. The minimum Gasteiger partial charge on any atom is -0.454 e. The molecule has 0 amide bonds. The lowest BCUT2D eigenvalue weighted by Crippen LogP contribution is -2.11. The summed E-state index contributed by atoms with van der Waals surface area (Å²) < 4.78 is 6.12. The van der Waals surface area contributed by atoms with Gasteiger partial charge in [-0.1, -0.05) is 115 Å².